The molecule has 1 atom stereocenters. The van der Waals surface area contributed by atoms with Crippen molar-refractivity contribution in [3.05, 3.63) is 35.4 Å². The molecule has 1 aromatic carbocycles. The fraction of sp³-hybridized carbons (Fsp3) is 0.611. The number of carbonyl (C=O) groups excluding carboxylic acids is 1. The Bertz CT molecular complexity index is 579. The molecule has 6 heteroatoms. The molecule has 0 radical (unpaired) electrons. The maximum Gasteiger partial charge on any atom is 0.223 e. The third-order valence-corrected chi connectivity index (χ3v) is 4.16. The van der Waals surface area contributed by atoms with Crippen molar-refractivity contribution in [1.82, 2.24) is 9.80 Å². The topological polar surface area (TPSA) is 43.8 Å². The number of rotatable bonds is 4. The van der Waals surface area contributed by atoms with Crippen LogP contribution in [0.3, 0.4) is 0 Å². The molecule has 24 heavy (non-hydrogen) atoms. The minimum Gasteiger partial charge on any atom is -0.387 e. The summed E-state index contributed by atoms with van der Waals surface area (Å²) in [7, 11) is 0. The standard InChI is InChI=1S/C18H26F2N2O2/c1-18(2,3)11-17(24)22-8-6-21(7-9-22)12-16(23)14-5-4-13(19)10-15(14)20/h4-5,10,16,23H,6-9,11-12H2,1-3H3/t16-/m1/s1. The van der Waals surface area contributed by atoms with Crippen LogP contribution in [-0.4, -0.2) is 53.5 Å². The molecule has 0 aromatic heterocycles. The number of nitrogens with zero attached hydrogens (tertiary/aromatic N) is 2. The summed E-state index contributed by atoms with van der Waals surface area (Å²) in [6.07, 6.45) is -0.501. The van der Waals surface area contributed by atoms with E-state index in [1.807, 2.05) is 30.6 Å². The molecule has 0 spiro atoms. The fourth-order valence-electron chi connectivity index (χ4n) is 2.86. The Hall–Kier alpha value is -1.53. The smallest absolute Gasteiger partial charge is 0.223 e. The molecule has 4 nitrogen and oxygen atoms in total. The summed E-state index contributed by atoms with van der Waals surface area (Å²) in [6, 6.07) is 3.20. The normalized spacial score (nSPS) is 17.8. The van der Waals surface area contributed by atoms with Crippen molar-refractivity contribution >= 4 is 5.91 Å². The molecule has 0 aliphatic carbocycles. The van der Waals surface area contributed by atoms with E-state index >= 15 is 0 Å². The van der Waals surface area contributed by atoms with Crippen molar-refractivity contribution in [3.8, 4) is 0 Å². The average molecular weight is 340 g/mol. The lowest BCUT2D eigenvalue weighted by Gasteiger charge is -2.36. The van der Waals surface area contributed by atoms with Gasteiger partial charge in [-0.2, -0.15) is 0 Å². The first-order chi connectivity index (χ1) is 11.2. The van der Waals surface area contributed by atoms with Crippen LogP contribution in [0.25, 0.3) is 0 Å². The summed E-state index contributed by atoms with van der Waals surface area (Å²) in [6.45, 7) is 8.86. The molecule has 1 aliphatic heterocycles. The lowest BCUT2D eigenvalue weighted by Crippen LogP contribution is -2.50. The van der Waals surface area contributed by atoms with Gasteiger partial charge in [-0.15, -0.1) is 0 Å². The summed E-state index contributed by atoms with van der Waals surface area (Å²) in [5.41, 5.74) is 0.0625. The zero-order chi connectivity index (χ0) is 17.9. The van der Waals surface area contributed by atoms with Crippen LogP contribution < -0.4 is 0 Å². The monoisotopic (exact) mass is 340 g/mol. The van der Waals surface area contributed by atoms with Crippen molar-refractivity contribution in [2.24, 2.45) is 5.41 Å². The predicted octanol–water partition coefficient (Wildman–Crippen LogP) is 2.58. The average Bonchev–Trinajstić information content (AvgIpc) is 2.45. The summed E-state index contributed by atoms with van der Waals surface area (Å²) in [5.74, 6) is -1.25. The van der Waals surface area contributed by atoms with E-state index in [4.69, 9.17) is 0 Å². The molecule has 1 aliphatic rings. The second-order valence-corrected chi connectivity index (χ2v) is 7.60. The number of amides is 1. The Morgan fingerprint density at radius 3 is 2.38 bits per heavy atom. The second kappa shape index (κ2) is 7.57. The quantitative estimate of drug-likeness (QED) is 0.916. The van der Waals surface area contributed by atoms with Crippen LogP contribution in [0.4, 0.5) is 8.78 Å². The van der Waals surface area contributed by atoms with Gasteiger partial charge in [-0.25, -0.2) is 8.78 Å². The number of carbonyl (C=O) groups is 1. The van der Waals surface area contributed by atoms with Gasteiger partial charge in [0, 0.05) is 50.8 Å². The lowest BCUT2D eigenvalue weighted by molar-refractivity contribution is -0.135. The highest BCUT2D eigenvalue weighted by Gasteiger charge is 2.26. The maximum absolute atomic E-state index is 13.7. The van der Waals surface area contributed by atoms with Gasteiger partial charge in [0.1, 0.15) is 11.6 Å². The van der Waals surface area contributed by atoms with Crippen LogP contribution in [0, 0.1) is 17.0 Å². The van der Waals surface area contributed by atoms with E-state index in [0.29, 0.717) is 32.6 Å². The summed E-state index contributed by atoms with van der Waals surface area (Å²) < 4.78 is 26.6. The summed E-state index contributed by atoms with van der Waals surface area (Å²) in [4.78, 5) is 16.0. The molecule has 134 valence electrons. The van der Waals surface area contributed by atoms with Gasteiger partial charge in [0.25, 0.3) is 0 Å². The first-order valence-corrected chi connectivity index (χ1v) is 8.29. The highest BCUT2D eigenvalue weighted by atomic mass is 19.1. The second-order valence-electron chi connectivity index (χ2n) is 7.60. The third-order valence-electron chi connectivity index (χ3n) is 4.16. The number of aliphatic hydroxyl groups is 1. The van der Waals surface area contributed by atoms with E-state index in [1.54, 1.807) is 0 Å². The summed E-state index contributed by atoms with van der Waals surface area (Å²) in [5, 5.41) is 10.2. The highest BCUT2D eigenvalue weighted by Crippen LogP contribution is 2.22. The van der Waals surface area contributed by atoms with Crippen LogP contribution in [0.5, 0.6) is 0 Å². The van der Waals surface area contributed by atoms with Crippen LogP contribution >= 0.6 is 0 Å². The number of piperazine rings is 1. The molecular formula is C18H26F2N2O2. The van der Waals surface area contributed by atoms with Crippen LogP contribution in [0.1, 0.15) is 38.9 Å². The van der Waals surface area contributed by atoms with Gasteiger partial charge in [-0.1, -0.05) is 26.8 Å². The molecule has 0 saturated carbocycles. The highest BCUT2D eigenvalue weighted by molar-refractivity contribution is 5.76. The van der Waals surface area contributed by atoms with Gasteiger partial charge in [0.15, 0.2) is 0 Å². The molecule has 1 amide bonds. The van der Waals surface area contributed by atoms with Crippen molar-refractivity contribution < 1.29 is 18.7 Å². The Morgan fingerprint density at radius 1 is 1.21 bits per heavy atom. The fourth-order valence-corrected chi connectivity index (χ4v) is 2.86. The molecule has 1 N–H and O–H groups in total. The van der Waals surface area contributed by atoms with E-state index in [9.17, 15) is 18.7 Å². The molecule has 1 aromatic rings. The molecule has 1 saturated heterocycles. The van der Waals surface area contributed by atoms with Gasteiger partial charge in [0.2, 0.25) is 5.91 Å². The molecule has 1 fully saturated rings. The van der Waals surface area contributed by atoms with Gasteiger partial charge >= 0.3 is 0 Å². The lowest BCUT2D eigenvalue weighted by atomic mass is 9.91. The maximum atomic E-state index is 13.7. The molecule has 0 unspecified atom stereocenters. The first-order valence-electron chi connectivity index (χ1n) is 8.29. The molecule has 2 rings (SSSR count). The zero-order valence-corrected chi connectivity index (χ0v) is 14.6. The van der Waals surface area contributed by atoms with Crippen LogP contribution in [0.2, 0.25) is 0 Å². The number of hydrogen-bond acceptors (Lipinski definition) is 3. The van der Waals surface area contributed by atoms with Crippen LogP contribution in [-0.2, 0) is 4.79 Å². The van der Waals surface area contributed by atoms with Gasteiger partial charge in [-0.05, 0) is 11.5 Å². The Morgan fingerprint density at radius 2 is 1.83 bits per heavy atom. The number of hydrogen-bond donors (Lipinski definition) is 1. The number of β-amino-alcohol motifs (C(OH)–C–C–N with tert-alkyl or cyclic N) is 1. The largest absolute Gasteiger partial charge is 0.387 e. The predicted molar refractivity (Wildman–Crippen MR) is 88.4 cm³/mol. The number of halogens is 2. The first kappa shape index (κ1) is 18.8. The summed E-state index contributed by atoms with van der Waals surface area (Å²) >= 11 is 0. The number of aliphatic hydroxyl groups excluding tert-OH is 1. The van der Waals surface area contributed by atoms with Crippen LogP contribution in [0.15, 0.2) is 18.2 Å². The van der Waals surface area contributed by atoms with E-state index < -0.39 is 17.7 Å². The minimum absolute atomic E-state index is 0.0372. The minimum atomic E-state index is -1.01. The van der Waals surface area contributed by atoms with Crippen molar-refractivity contribution in [3.63, 3.8) is 0 Å². The molecule has 1 heterocycles. The van der Waals surface area contributed by atoms with E-state index in [1.165, 1.54) is 6.07 Å². The number of benzene rings is 1. The molecular weight excluding hydrogens is 314 g/mol. The van der Waals surface area contributed by atoms with E-state index in [2.05, 4.69) is 0 Å². The Labute approximate surface area is 142 Å². The Balaban J connectivity index is 1.85. The van der Waals surface area contributed by atoms with Crippen molar-refractivity contribution in [2.75, 3.05) is 32.7 Å². The zero-order valence-electron chi connectivity index (χ0n) is 14.6. The van der Waals surface area contributed by atoms with Gasteiger partial charge in [-0.3, -0.25) is 9.69 Å². The SMILES string of the molecule is CC(C)(C)CC(=O)N1CCN(C[C@@H](O)c2ccc(F)cc2F)CC1. The van der Waals surface area contributed by atoms with E-state index in [0.717, 1.165) is 12.1 Å². The van der Waals surface area contributed by atoms with Crippen molar-refractivity contribution in [1.29, 1.82) is 0 Å². The molecule has 0 bridgehead atoms. The van der Waals surface area contributed by atoms with Crippen molar-refractivity contribution in [2.45, 2.75) is 33.3 Å². The van der Waals surface area contributed by atoms with Gasteiger partial charge in [0.05, 0.1) is 6.10 Å². The van der Waals surface area contributed by atoms with E-state index in [-0.39, 0.29) is 23.4 Å². The van der Waals surface area contributed by atoms with Gasteiger partial charge < -0.3 is 10.0 Å². The Kier molecular flexibility index (Phi) is 5.93. The third kappa shape index (κ3) is 5.24.